The van der Waals surface area contributed by atoms with Crippen molar-refractivity contribution in [3.05, 3.63) is 30.9 Å². The van der Waals surface area contributed by atoms with Gasteiger partial charge in [-0.1, -0.05) is 32.3 Å². The second-order valence-electron chi connectivity index (χ2n) is 7.40. The van der Waals surface area contributed by atoms with Crippen LogP contribution in [0.3, 0.4) is 0 Å². The van der Waals surface area contributed by atoms with Crippen molar-refractivity contribution in [2.45, 2.75) is 58.3 Å². The number of hydrogen-bond acceptors (Lipinski definition) is 1. The Morgan fingerprint density at radius 3 is 2.33 bits per heavy atom. The second kappa shape index (κ2) is 8.74. The number of ether oxygens (including phenoxy) is 1. The van der Waals surface area contributed by atoms with Crippen LogP contribution < -0.4 is 4.74 Å². The van der Waals surface area contributed by atoms with E-state index >= 15 is 0 Å². The van der Waals surface area contributed by atoms with Crippen molar-refractivity contribution in [3.63, 3.8) is 0 Å². The van der Waals surface area contributed by atoms with Gasteiger partial charge < -0.3 is 4.74 Å². The zero-order chi connectivity index (χ0) is 17.1. The molecule has 2 aliphatic rings. The number of rotatable bonds is 4. The molecule has 1 unspecified atom stereocenters. The Balaban J connectivity index is 1.67. The van der Waals surface area contributed by atoms with Gasteiger partial charge in [0.25, 0.3) is 0 Å². The molecule has 1 saturated carbocycles. The minimum absolute atomic E-state index is 0.932. The Kier molecular flexibility index (Phi) is 6.92. The van der Waals surface area contributed by atoms with E-state index < -0.39 is 0 Å². The maximum absolute atomic E-state index is 5.45. The molecule has 0 aromatic heterocycles. The van der Waals surface area contributed by atoms with Crippen molar-refractivity contribution in [3.8, 4) is 5.75 Å². The number of methoxy groups -OCH3 is 1. The number of benzene rings is 1. The van der Waals surface area contributed by atoms with Crippen molar-refractivity contribution in [1.29, 1.82) is 0 Å². The molecule has 0 heterocycles. The van der Waals surface area contributed by atoms with Crippen molar-refractivity contribution in [2.24, 2.45) is 17.8 Å². The molecule has 0 spiro atoms. The second-order valence-corrected chi connectivity index (χ2v) is 9.55. The summed E-state index contributed by atoms with van der Waals surface area (Å²) in [6, 6.07) is 4.37. The lowest BCUT2D eigenvalue weighted by molar-refractivity contribution is 0.192. The molecule has 1 fully saturated rings. The number of allylic oxidation sites excluding steroid dienone is 2. The van der Waals surface area contributed by atoms with Gasteiger partial charge in [0.05, 0.1) is 10.7 Å². The largest absolute Gasteiger partial charge is 0.496 e. The summed E-state index contributed by atoms with van der Waals surface area (Å²) >= 11 is 4.89. The van der Waals surface area contributed by atoms with Gasteiger partial charge in [-0.25, -0.2) is 0 Å². The van der Waals surface area contributed by atoms with E-state index in [4.69, 9.17) is 4.74 Å². The lowest BCUT2D eigenvalue weighted by atomic mass is 9.70. The first kappa shape index (κ1) is 19.0. The summed E-state index contributed by atoms with van der Waals surface area (Å²) in [6.45, 7) is 2.36. The molecule has 1 nitrogen and oxygen atoms in total. The zero-order valence-corrected chi connectivity index (χ0v) is 19.1. The van der Waals surface area contributed by atoms with Gasteiger partial charge in [-0.2, -0.15) is 0 Å². The molecule has 1 atom stereocenters. The number of halogens is 2. The minimum Gasteiger partial charge on any atom is -0.496 e. The molecule has 0 bridgehead atoms. The van der Waals surface area contributed by atoms with Crippen LogP contribution in [0.25, 0.3) is 5.57 Å². The van der Waals surface area contributed by atoms with Crippen molar-refractivity contribution >= 4 is 50.8 Å². The minimum atomic E-state index is 0.932. The average molecular weight is 550 g/mol. The lowest BCUT2D eigenvalue weighted by Gasteiger charge is -2.35. The Morgan fingerprint density at radius 2 is 1.75 bits per heavy atom. The molecule has 0 amide bonds. The molecule has 0 radical (unpaired) electrons. The van der Waals surface area contributed by atoms with Gasteiger partial charge in [-0.3, -0.25) is 0 Å². The summed E-state index contributed by atoms with van der Waals surface area (Å²) < 4.78 is 8.04. The summed E-state index contributed by atoms with van der Waals surface area (Å²) in [4.78, 5) is 0. The van der Waals surface area contributed by atoms with Crippen LogP contribution in [-0.2, 0) is 0 Å². The SMILES string of the molecule is CCC1CCC(C2CC=C(c3ccc(OC)c(I)c3I)CC2)CC1. The molecule has 1 aromatic rings. The highest BCUT2D eigenvalue weighted by Gasteiger charge is 2.28. The van der Waals surface area contributed by atoms with Gasteiger partial charge in [0.2, 0.25) is 0 Å². The zero-order valence-electron chi connectivity index (χ0n) is 14.8. The van der Waals surface area contributed by atoms with E-state index in [2.05, 4.69) is 70.3 Å². The standard InChI is InChI=1S/C21H28I2O/c1-3-14-4-6-15(7-5-14)16-8-10-17(11-9-16)18-12-13-19(24-2)21(23)20(18)22/h10,12-16H,3-9,11H2,1-2H3. The van der Waals surface area contributed by atoms with E-state index in [-0.39, 0.29) is 0 Å². The topological polar surface area (TPSA) is 9.23 Å². The van der Waals surface area contributed by atoms with Crippen LogP contribution in [0.2, 0.25) is 0 Å². The van der Waals surface area contributed by atoms with Gasteiger partial charge in [-0.05, 0) is 118 Å². The van der Waals surface area contributed by atoms with Crippen LogP contribution >= 0.6 is 45.2 Å². The molecule has 3 heteroatoms. The van der Waals surface area contributed by atoms with E-state index in [1.54, 1.807) is 12.7 Å². The Bertz CT molecular complexity index is 600. The highest BCUT2D eigenvalue weighted by Crippen LogP contribution is 2.43. The first-order valence-corrected chi connectivity index (χ1v) is 11.5. The molecule has 0 N–H and O–H groups in total. The summed E-state index contributed by atoms with van der Waals surface area (Å²) in [7, 11) is 1.75. The summed E-state index contributed by atoms with van der Waals surface area (Å²) in [5.74, 6) is 3.92. The first-order valence-electron chi connectivity index (χ1n) is 9.35. The third-order valence-corrected chi connectivity index (χ3v) is 9.42. The van der Waals surface area contributed by atoms with E-state index in [0.29, 0.717) is 0 Å². The highest BCUT2D eigenvalue weighted by atomic mass is 127. The fourth-order valence-electron chi connectivity index (χ4n) is 4.53. The molecular formula is C21H28I2O. The van der Waals surface area contributed by atoms with Gasteiger partial charge in [-0.15, -0.1) is 0 Å². The fourth-order valence-corrected chi connectivity index (χ4v) is 6.02. The van der Waals surface area contributed by atoms with Crippen LogP contribution in [0.15, 0.2) is 18.2 Å². The smallest absolute Gasteiger partial charge is 0.133 e. The molecule has 2 aliphatic carbocycles. The molecule has 24 heavy (non-hydrogen) atoms. The van der Waals surface area contributed by atoms with Gasteiger partial charge in [0.1, 0.15) is 5.75 Å². The summed E-state index contributed by atoms with van der Waals surface area (Å²) in [6.07, 6.45) is 13.7. The lowest BCUT2D eigenvalue weighted by Crippen LogP contribution is -2.23. The van der Waals surface area contributed by atoms with E-state index in [9.17, 15) is 0 Å². The van der Waals surface area contributed by atoms with Crippen LogP contribution in [0.4, 0.5) is 0 Å². The normalized spacial score (nSPS) is 27.7. The predicted octanol–water partition coefficient (Wildman–Crippen LogP) is 7.30. The Hall–Kier alpha value is 0.220. The van der Waals surface area contributed by atoms with Crippen molar-refractivity contribution < 1.29 is 4.74 Å². The van der Waals surface area contributed by atoms with E-state index in [0.717, 1.165) is 23.5 Å². The molecule has 1 aromatic carbocycles. The Morgan fingerprint density at radius 1 is 1.00 bits per heavy atom. The predicted molar refractivity (Wildman–Crippen MR) is 119 cm³/mol. The fraction of sp³-hybridized carbons (Fsp3) is 0.619. The quantitative estimate of drug-likeness (QED) is 0.358. The van der Waals surface area contributed by atoms with Gasteiger partial charge >= 0.3 is 0 Å². The van der Waals surface area contributed by atoms with Crippen LogP contribution in [-0.4, -0.2) is 7.11 Å². The van der Waals surface area contributed by atoms with Crippen LogP contribution in [0.1, 0.15) is 63.9 Å². The maximum atomic E-state index is 5.45. The Labute approximate surface area is 174 Å². The van der Waals surface area contributed by atoms with Gasteiger partial charge in [0, 0.05) is 3.57 Å². The van der Waals surface area contributed by atoms with Crippen molar-refractivity contribution in [1.82, 2.24) is 0 Å². The third-order valence-electron chi connectivity index (χ3n) is 6.20. The molecule has 0 saturated heterocycles. The van der Waals surface area contributed by atoms with Crippen molar-refractivity contribution in [2.75, 3.05) is 7.11 Å². The highest BCUT2D eigenvalue weighted by molar-refractivity contribution is 14.1. The van der Waals surface area contributed by atoms with Gasteiger partial charge in [0.15, 0.2) is 0 Å². The molecule has 3 rings (SSSR count). The average Bonchev–Trinajstić information content (AvgIpc) is 2.64. The third kappa shape index (κ3) is 4.13. The molecular weight excluding hydrogens is 522 g/mol. The van der Waals surface area contributed by atoms with Crippen LogP contribution in [0, 0.1) is 24.9 Å². The molecule has 0 aliphatic heterocycles. The monoisotopic (exact) mass is 550 g/mol. The first-order chi connectivity index (χ1) is 11.6. The summed E-state index contributed by atoms with van der Waals surface area (Å²) in [5.41, 5.74) is 2.98. The number of hydrogen-bond donors (Lipinski definition) is 0. The van der Waals surface area contributed by atoms with E-state index in [1.165, 1.54) is 64.1 Å². The van der Waals surface area contributed by atoms with Crippen LogP contribution in [0.5, 0.6) is 5.75 Å². The maximum Gasteiger partial charge on any atom is 0.133 e. The summed E-state index contributed by atoms with van der Waals surface area (Å²) in [5, 5.41) is 0. The van der Waals surface area contributed by atoms with E-state index in [1.807, 2.05) is 0 Å². The molecule has 132 valence electrons.